The van der Waals surface area contributed by atoms with E-state index in [0.29, 0.717) is 5.69 Å². The number of urea groups is 1. The van der Waals surface area contributed by atoms with E-state index in [9.17, 15) is 18.0 Å². The van der Waals surface area contributed by atoms with Gasteiger partial charge in [-0.15, -0.1) is 0 Å². The Hall–Kier alpha value is -3.28. The van der Waals surface area contributed by atoms with Gasteiger partial charge in [-0.2, -0.15) is 13.2 Å². The summed E-state index contributed by atoms with van der Waals surface area (Å²) < 4.78 is 38.5. The summed E-state index contributed by atoms with van der Waals surface area (Å²) in [5.41, 5.74) is 4.54. The highest BCUT2D eigenvalue weighted by Crippen LogP contribution is 2.31. The van der Waals surface area contributed by atoms with Crippen molar-refractivity contribution in [2.24, 2.45) is 0 Å². The van der Waals surface area contributed by atoms with Crippen LogP contribution in [0, 0.1) is 6.42 Å². The lowest BCUT2D eigenvalue weighted by Crippen LogP contribution is -2.19. The molecule has 0 spiro atoms. The first kappa shape index (κ1) is 20.0. The highest BCUT2D eigenvalue weighted by molar-refractivity contribution is 6.00. The third-order valence-electron chi connectivity index (χ3n) is 5.09. The van der Waals surface area contributed by atoms with E-state index in [-0.39, 0.29) is 5.69 Å². The van der Waals surface area contributed by atoms with E-state index >= 15 is 0 Å². The molecule has 0 heterocycles. The zero-order valence-electron chi connectivity index (χ0n) is 16.1. The minimum atomic E-state index is -4.46. The number of carbonyl (C=O) groups is 1. The van der Waals surface area contributed by atoms with Gasteiger partial charge in [0, 0.05) is 11.4 Å². The molecule has 2 amide bonds. The molecule has 3 nitrogen and oxygen atoms in total. The Labute approximate surface area is 172 Å². The number of benzene rings is 3. The van der Waals surface area contributed by atoms with E-state index in [1.807, 2.05) is 18.2 Å². The molecule has 1 aliphatic rings. The molecule has 0 aromatic heterocycles. The van der Waals surface area contributed by atoms with Gasteiger partial charge in [-0.25, -0.2) is 4.79 Å². The predicted molar refractivity (Wildman–Crippen MR) is 112 cm³/mol. The number of halogens is 3. The molecule has 1 aliphatic carbocycles. The summed E-state index contributed by atoms with van der Waals surface area (Å²) in [6.45, 7) is 0. The van der Waals surface area contributed by atoms with Crippen LogP contribution in [0.5, 0.6) is 0 Å². The van der Waals surface area contributed by atoms with Gasteiger partial charge in [0.1, 0.15) is 0 Å². The Morgan fingerprint density at radius 1 is 0.800 bits per heavy atom. The molecule has 0 unspecified atom stereocenters. The fourth-order valence-corrected chi connectivity index (χ4v) is 3.60. The summed E-state index contributed by atoms with van der Waals surface area (Å²) in [5, 5.41) is 5.13. The Morgan fingerprint density at radius 3 is 2.27 bits per heavy atom. The number of rotatable bonds is 3. The van der Waals surface area contributed by atoms with E-state index in [2.05, 4.69) is 35.3 Å². The van der Waals surface area contributed by atoms with Crippen LogP contribution in [-0.4, -0.2) is 6.03 Å². The van der Waals surface area contributed by atoms with Gasteiger partial charge in [-0.1, -0.05) is 36.4 Å². The number of amides is 2. The number of alkyl halides is 3. The molecule has 0 saturated heterocycles. The van der Waals surface area contributed by atoms with E-state index in [1.165, 1.54) is 23.3 Å². The van der Waals surface area contributed by atoms with Gasteiger partial charge in [0.2, 0.25) is 0 Å². The van der Waals surface area contributed by atoms with Crippen molar-refractivity contribution in [3.63, 3.8) is 0 Å². The first-order valence-electron chi connectivity index (χ1n) is 9.68. The van der Waals surface area contributed by atoms with Crippen LogP contribution in [0.1, 0.15) is 23.1 Å². The van der Waals surface area contributed by atoms with E-state index in [0.717, 1.165) is 42.5 Å². The number of hydrogen-bond acceptors (Lipinski definition) is 1. The smallest absolute Gasteiger partial charge is 0.308 e. The standard InChI is InChI=1S/C24H20F3N2O/c25-24(26,27)20-8-4-10-22(15-20)29-23(30)28-21-9-3-7-18(14-21)19-12-11-16-5-1-2-6-17(16)13-19/h1,3-4,7-15H,2,5-6H2,(H2,28,29,30). The summed E-state index contributed by atoms with van der Waals surface area (Å²) in [5.74, 6) is 0. The lowest BCUT2D eigenvalue weighted by Gasteiger charge is -2.17. The average Bonchev–Trinajstić information content (AvgIpc) is 2.73. The zero-order valence-corrected chi connectivity index (χ0v) is 16.1. The maximum absolute atomic E-state index is 12.8. The number of nitrogens with one attached hydrogen (secondary N) is 2. The Morgan fingerprint density at radius 2 is 1.50 bits per heavy atom. The highest BCUT2D eigenvalue weighted by Gasteiger charge is 2.30. The molecule has 2 N–H and O–H groups in total. The lowest BCUT2D eigenvalue weighted by atomic mass is 9.89. The monoisotopic (exact) mass is 409 g/mol. The molecule has 3 aromatic carbocycles. The molecule has 6 heteroatoms. The summed E-state index contributed by atoms with van der Waals surface area (Å²) in [7, 11) is 0. The van der Waals surface area contributed by atoms with Crippen LogP contribution in [-0.2, 0) is 19.0 Å². The quantitative estimate of drug-likeness (QED) is 0.496. The van der Waals surface area contributed by atoms with Crippen LogP contribution < -0.4 is 10.6 Å². The summed E-state index contributed by atoms with van der Waals surface area (Å²) in [4.78, 5) is 12.3. The molecule has 0 aliphatic heterocycles. The predicted octanol–water partition coefficient (Wildman–Crippen LogP) is 6.71. The van der Waals surface area contributed by atoms with E-state index in [1.54, 1.807) is 6.07 Å². The van der Waals surface area contributed by atoms with Crippen LogP contribution in [0.2, 0.25) is 0 Å². The average molecular weight is 409 g/mol. The molecular formula is C24H20F3N2O. The second-order valence-electron chi connectivity index (χ2n) is 7.25. The fraction of sp³-hybridized carbons (Fsp3) is 0.167. The number of aryl methyl sites for hydroxylation is 1. The topological polar surface area (TPSA) is 41.1 Å². The van der Waals surface area contributed by atoms with Crippen molar-refractivity contribution in [1.82, 2.24) is 0 Å². The van der Waals surface area contributed by atoms with Crippen molar-refractivity contribution >= 4 is 17.4 Å². The van der Waals surface area contributed by atoms with Gasteiger partial charge in [0.25, 0.3) is 0 Å². The van der Waals surface area contributed by atoms with Gasteiger partial charge in [0.15, 0.2) is 0 Å². The molecule has 3 aromatic rings. The maximum atomic E-state index is 12.8. The fourth-order valence-electron chi connectivity index (χ4n) is 3.60. The summed E-state index contributed by atoms with van der Waals surface area (Å²) in [6.07, 6.45) is 0.923. The van der Waals surface area contributed by atoms with Crippen LogP contribution in [0.4, 0.5) is 29.3 Å². The van der Waals surface area contributed by atoms with E-state index < -0.39 is 17.8 Å². The van der Waals surface area contributed by atoms with Crippen molar-refractivity contribution < 1.29 is 18.0 Å². The van der Waals surface area contributed by atoms with Crippen LogP contribution >= 0.6 is 0 Å². The van der Waals surface area contributed by atoms with Crippen molar-refractivity contribution in [1.29, 1.82) is 0 Å². The molecule has 0 bridgehead atoms. The Balaban J connectivity index is 1.48. The van der Waals surface area contributed by atoms with Gasteiger partial charge in [-0.05, 0) is 78.3 Å². The summed E-state index contributed by atoms with van der Waals surface area (Å²) >= 11 is 0. The molecule has 1 radical (unpaired) electrons. The molecule has 30 heavy (non-hydrogen) atoms. The third-order valence-corrected chi connectivity index (χ3v) is 5.09. The molecule has 0 fully saturated rings. The SMILES string of the molecule is O=C(Nc1cccc(-c2ccc3c(c2)CC[CH]C3)c1)Nc1cccc(C(F)(F)F)c1. The largest absolute Gasteiger partial charge is 0.416 e. The van der Waals surface area contributed by atoms with Crippen LogP contribution in [0.3, 0.4) is 0 Å². The number of anilines is 2. The van der Waals surface area contributed by atoms with Crippen LogP contribution in [0.15, 0.2) is 66.7 Å². The van der Waals surface area contributed by atoms with Crippen molar-refractivity contribution in [2.75, 3.05) is 10.6 Å². The number of carbonyl (C=O) groups excluding carboxylic acids is 1. The second-order valence-corrected chi connectivity index (χ2v) is 7.25. The first-order chi connectivity index (χ1) is 14.4. The molecule has 4 rings (SSSR count). The zero-order chi connectivity index (χ0) is 21.1. The van der Waals surface area contributed by atoms with Crippen molar-refractivity contribution in [3.8, 4) is 11.1 Å². The second kappa shape index (κ2) is 8.22. The van der Waals surface area contributed by atoms with Gasteiger partial charge < -0.3 is 10.6 Å². The number of fused-ring (bicyclic) bond motifs is 1. The number of hydrogen-bond donors (Lipinski definition) is 2. The lowest BCUT2D eigenvalue weighted by molar-refractivity contribution is -0.137. The minimum absolute atomic E-state index is 0.0740. The molecular weight excluding hydrogens is 389 g/mol. The van der Waals surface area contributed by atoms with Crippen molar-refractivity contribution in [2.45, 2.75) is 25.4 Å². The third kappa shape index (κ3) is 4.64. The van der Waals surface area contributed by atoms with Gasteiger partial charge in [-0.3, -0.25) is 0 Å². The molecule has 0 atom stereocenters. The highest BCUT2D eigenvalue weighted by atomic mass is 19.4. The van der Waals surface area contributed by atoms with E-state index in [4.69, 9.17) is 0 Å². The van der Waals surface area contributed by atoms with Crippen molar-refractivity contribution in [3.05, 3.63) is 89.8 Å². The van der Waals surface area contributed by atoms with Gasteiger partial charge in [0.05, 0.1) is 5.56 Å². The summed E-state index contributed by atoms with van der Waals surface area (Å²) in [6, 6.07) is 17.7. The normalized spacial score (nSPS) is 13.4. The first-order valence-corrected chi connectivity index (χ1v) is 9.68. The molecule has 153 valence electrons. The maximum Gasteiger partial charge on any atom is 0.416 e. The Bertz CT molecular complexity index is 1080. The minimum Gasteiger partial charge on any atom is -0.308 e. The van der Waals surface area contributed by atoms with Crippen LogP contribution in [0.25, 0.3) is 11.1 Å². The molecule has 0 saturated carbocycles. The Kier molecular flexibility index (Phi) is 5.48. The van der Waals surface area contributed by atoms with Gasteiger partial charge >= 0.3 is 12.2 Å².